The number of carboxylic acids is 1. The van der Waals surface area contributed by atoms with Crippen molar-refractivity contribution in [3.63, 3.8) is 0 Å². The summed E-state index contributed by atoms with van der Waals surface area (Å²) in [6.45, 7) is 2.93. The van der Waals surface area contributed by atoms with Crippen LogP contribution in [0.25, 0.3) is 22.3 Å². The number of fused-ring (bicyclic) bond motifs is 1. The van der Waals surface area contributed by atoms with E-state index in [0.29, 0.717) is 28.2 Å². The van der Waals surface area contributed by atoms with Crippen LogP contribution in [-0.2, 0) is 4.79 Å². The number of hydrogen-bond donors (Lipinski definition) is 3. The smallest absolute Gasteiger partial charge is 0.475 e. The Morgan fingerprint density at radius 2 is 1.86 bits per heavy atom. The molecule has 2 fully saturated rings. The van der Waals surface area contributed by atoms with Crippen molar-refractivity contribution >= 4 is 16.9 Å². The minimum absolute atomic E-state index is 0.0472. The second-order valence-corrected chi connectivity index (χ2v) is 9.11. The van der Waals surface area contributed by atoms with Gasteiger partial charge in [-0.3, -0.25) is 10.1 Å². The minimum Gasteiger partial charge on any atom is -0.475 e. The van der Waals surface area contributed by atoms with E-state index in [1.165, 1.54) is 12.1 Å². The van der Waals surface area contributed by atoms with Gasteiger partial charge in [0.15, 0.2) is 0 Å². The van der Waals surface area contributed by atoms with Gasteiger partial charge < -0.3 is 15.2 Å². The molecule has 3 aromatic rings. The molecule has 1 spiro atoms. The van der Waals surface area contributed by atoms with Gasteiger partial charge in [-0.25, -0.2) is 9.78 Å². The molecule has 0 radical (unpaired) electrons. The van der Waals surface area contributed by atoms with Crippen LogP contribution in [0.2, 0.25) is 0 Å². The number of ether oxygens (including phenoxy) is 1. The second-order valence-electron chi connectivity index (χ2n) is 9.11. The van der Waals surface area contributed by atoms with Crippen molar-refractivity contribution in [3.8, 4) is 17.3 Å². The molecule has 8 nitrogen and oxygen atoms in total. The third kappa shape index (κ3) is 5.95. The highest BCUT2D eigenvalue weighted by molar-refractivity contribution is 5.92. The van der Waals surface area contributed by atoms with Crippen LogP contribution >= 0.6 is 0 Å². The summed E-state index contributed by atoms with van der Waals surface area (Å²) in [5, 5.41) is 18.2. The number of piperidine rings is 1. The predicted octanol–water partition coefficient (Wildman–Crippen LogP) is 4.84. The number of halogens is 6. The van der Waals surface area contributed by atoms with E-state index in [1.807, 2.05) is 0 Å². The normalized spacial score (nSPS) is 19.7. The quantitative estimate of drug-likeness (QED) is 0.413. The Morgan fingerprint density at radius 1 is 1.16 bits per heavy atom. The maximum absolute atomic E-state index is 13.2. The molecule has 3 heterocycles. The molecule has 0 bridgehead atoms. The second kappa shape index (κ2) is 9.80. The molecule has 37 heavy (non-hydrogen) atoms. The lowest BCUT2D eigenvalue weighted by atomic mass is 9.92. The van der Waals surface area contributed by atoms with Gasteiger partial charge in [0.25, 0.3) is 0 Å². The van der Waals surface area contributed by atoms with Crippen molar-refractivity contribution in [1.82, 2.24) is 25.5 Å². The van der Waals surface area contributed by atoms with Crippen LogP contribution in [0.3, 0.4) is 0 Å². The first kappa shape index (κ1) is 26.6. The Balaban J connectivity index is 0.000000405. The average molecular weight is 531 g/mol. The van der Waals surface area contributed by atoms with Crippen LogP contribution in [0.5, 0.6) is 5.88 Å². The van der Waals surface area contributed by atoms with E-state index in [0.717, 1.165) is 39.3 Å². The number of carboxylic acid groups (broad SMARTS) is 1. The molecule has 3 N–H and O–H groups in total. The zero-order valence-corrected chi connectivity index (χ0v) is 19.5. The van der Waals surface area contributed by atoms with Gasteiger partial charge in [-0.2, -0.15) is 31.4 Å². The summed E-state index contributed by atoms with van der Waals surface area (Å²) >= 11 is 0. The van der Waals surface area contributed by atoms with E-state index in [-0.39, 0.29) is 17.1 Å². The van der Waals surface area contributed by atoms with E-state index in [9.17, 15) is 26.3 Å². The summed E-state index contributed by atoms with van der Waals surface area (Å²) < 4.78 is 77.4. The maximum atomic E-state index is 13.2. The van der Waals surface area contributed by atoms with Crippen molar-refractivity contribution in [2.45, 2.75) is 50.6 Å². The largest absolute Gasteiger partial charge is 0.490 e. The Labute approximate surface area is 206 Å². The fourth-order valence-corrected chi connectivity index (χ4v) is 4.20. The number of aliphatic carboxylic acids is 1. The third-order valence-corrected chi connectivity index (χ3v) is 6.64. The van der Waals surface area contributed by atoms with E-state index >= 15 is 0 Å². The lowest BCUT2D eigenvalue weighted by Crippen LogP contribution is -2.45. The van der Waals surface area contributed by atoms with Crippen molar-refractivity contribution in [2.24, 2.45) is 5.41 Å². The maximum Gasteiger partial charge on any atom is 0.490 e. The number of rotatable bonds is 4. The summed E-state index contributed by atoms with van der Waals surface area (Å²) in [5.74, 6) is -3.92. The van der Waals surface area contributed by atoms with Gasteiger partial charge in [-0.15, -0.1) is 0 Å². The highest BCUT2D eigenvalue weighted by atomic mass is 19.4. The molecule has 1 aliphatic carbocycles. The van der Waals surface area contributed by atoms with Gasteiger partial charge in [0, 0.05) is 17.3 Å². The predicted molar refractivity (Wildman–Crippen MR) is 119 cm³/mol. The first-order chi connectivity index (χ1) is 17.3. The number of carbonyl (C=O) groups is 1. The molecule has 2 atom stereocenters. The topological polar surface area (TPSA) is 113 Å². The van der Waals surface area contributed by atoms with Crippen molar-refractivity contribution in [2.75, 3.05) is 13.1 Å². The molecule has 1 unspecified atom stereocenters. The summed E-state index contributed by atoms with van der Waals surface area (Å²) in [6, 6.07) is 4.60. The SMILES string of the molecule is CC(c1ccc2[nH]nc(-c3cncc(O[C@H]4CNCCC45CC5)n3)c2c1)C(F)(F)F.O=C(O)C(F)(F)F. The third-order valence-electron chi connectivity index (χ3n) is 6.64. The molecule has 1 saturated carbocycles. The Morgan fingerprint density at radius 3 is 2.49 bits per heavy atom. The number of nitrogens with zero attached hydrogens (tertiary/aromatic N) is 3. The highest BCUT2D eigenvalue weighted by Gasteiger charge is 2.52. The number of hydrogen-bond acceptors (Lipinski definition) is 6. The molecule has 14 heteroatoms. The molecular formula is C23H23F6N5O3. The van der Waals surface area contributed by atoms with Gasteiger partial charge in [-0.1, -0.05) is 6.07 Å². The first-order valence-corrected chi connectivity index (χ1v) is 11.3. The molecule has 1 saturated heterocycles. The fraction of sp³-hybridized carbons (Fsp3) is 0.478. The van der Waals surface area contributed by atoms with E-state index in [2.05, 4.69) is 25.5 Å². The molecular weight excluding hydrogens is 508 g/mol. The van der Waals surface area contributed by atoms with Crippen molar-refractivity contribution < 1.29 is 41.0 Å². The van der Waals surface area contributed by atoms with Crippen LogP contribution in [0, 0.1) is 5.41 Å². The van der Waals surface area contributed by atoms with Crippen LogP contribution < -0.4 is 10.1 Å². The van der Waals surface area contributed by atoms with Crippen LogP contribution in [0.1, 0.15) is 37.7 Å². The number of aromatic amines is 1. The Bertz CT molecular complexity index is 1270. The minimum atomic E-state index is -5.08. The Hall–Kier alpha value is -3.42. The number of aromatic nitrogens is 4. The molecule has 2 aromatic heterocycles. The lowest BCUT2D eigenvalue weighted by Gasteiger charge is -2.32. The average Bonchev–Trinajstić information content (AvgIpc) is 3.47. The molecule has 2 aliphatic rings. The van der Waals surface area contributed by atoms with Gasteiger partial charge in [0.2, 0.25) is 5.88 Å². The molecule has 200 valence electrons. The number of alkyl halides is 6. The molecule has 0 amide bonds. The Kier molecular flexibility index (Phi) is 7.06. The molecule has 1 aliphatic heterocycles. The number of H-pyrrole nitrogens is 1. The van der Waals surface area contributed by atoms with Gasteiger partial charge >= 0.3 is 18.3 Å². The molecule has 1 aromatic carbocycles. The first-order valence-electron chi connectivity index (χ1n) is 11.3. The number of benzene rings is 1. The fourth-order valence-electron chi connectivity index (χ4n) is 4.20. The standard InChI is InChI=1S/C21H22F3N5O.C2HF3O2/c1-12(21(22,23)24)13-2-3-15-14(8-13)19(29-28-15)16-9-26-11-18(27-16)30-17-10-25-7-6-20(17)4-5-20;3-2(4,5)1(6)7/h2-3,8-9,11-12,17,25H,4-7,10H2,1H3,(H,28,29);(H,6,7)/t12?,17-;/m0./s1. The summed E-state index contributed by atoms with van der Waals surface area (Å²) in [6.07, 6.45) is -2.81. The zero-order chi connectivity index (χ0) is 27.0. The van der Waals surface area contributed by atoms with Crippen LogP contribution in [-0.4, -0.2) is 62.8 Å². The van der Waals surface area contributed by atoms with Crippen LogP contribution in [0.4, 0.5) is 26.3 Å². The van der Waals surface area contributed by atoms with Crippen molar-refractivity contribution in [1.29, 1.82) is 0 Å². The summed E-state index contributed by atoms with van der Waals surface area (Å²) in [4.78, 5) is 17.7. The monoisotopic (exact) mass is 531 g/mol. The van der Waals surface area contributed by atoms with Gasteiger partial charge in [0.05, 0.1) is 23.8 Å². The van der Waals surface area contributed by atoms with E-state index < -0.39 is 24.2 Å². The highest BCUT2D eigenvalue weighted by Crippen LogP contribution is 2.53. The number of nitrogens with one attached hydrogen (secondary N) is 2. The van der Waals surface area contributed by atoms with Crippen LogP contribution in [0.15, 0.2) is 30.6 Å². The zero-order valence-electron chi connectivity index (χ0n) is 19.5. The van der Waals surface area contributed by atoms with Gasteiger partial charge in [0.1, 0.15) is 17.5 Å². The molecule has 5 rings (SSSR count). The van der Waals surface area contributed by atoms with E-state index in [4.69, 9.17) is 14.6 Å². The summed E-state index contributed by atoms with van der Waals surface area (Å²) in [5.41, 5.74) is 1.99. The van der Waals surface area contributed by atoms with Crippen molar-refractivity contribution in [3.05, 3.63) is 36.2 Å². The summed E-state index contributed by atoms with van der Waals surface area (Å²) in [7, 11) is 0. The lowest BCUT2D eigenvalue weighted by molar-refractivity contribution is -0.192. The van der Waals surface area contributed by atoms with E-state index in [1.54, 1.807) is 18.5 Å². The van der Waals surface area contributed by atoms with Gasteiger partial charge in [-0.05, 0) is 50.4 Å².